The summed E-state index contributed by atoms with van der Waals surface area (Å²) >= 11 is 0. The summed E-state index contributed by atoms with van der Waals surface area (Å²) in [7, 11) is 0. The number of ketones is 1. The first-order valence-corrected chi connectivity index (χ1v) is 9.73. The highest BCUT2D eigenvalue weighted by Gasteiger charge is 2.27. The van der Waals surface area contributed by atoms with Crippen molar-refractivity contribution in [2.24, 2.45) is 11.7 Å². The number of carbonyl (C=O) groups excluding carboxylic acids is 3. The Hall–Kier alpha value is -2.37. The van der Waals surface area contributed by atoms with Gasteiger partial charge in [0.05, 0.1) is 19.1 Å². The summed E-state index contributed by atoms with van der Waals surface area (Å²) in [5.41, 5.74) is 6.39. The smallest absolute Gasteiger partial charge is 0.407 e. The molecular formula is C21H32N2O4. The van der Waals surface area contributed by atoms with Crippen molar-refractivity contribution in [2.45, 2.75) is 64.8 Å². The zero-order valence-corrected chi connectivity index (χ0v) is 16.4. The van der Waals surface area contributed by atoms with Gasteiger partial charge in [-0.1, -0.05) is 63.4 Å². The fraction of sp³-hybridized carbons (Fsp3) is 0.571. The number of nitrogens with two attached hydrogens (primary N) is 1. The zero-order valence-electron chi connectivity index (χ0n) is 16.4. The van der Waals surface area contributed by atoms with Crippen molar-refractivity contribution >= 4 is 17.8 Å². The lowest BCUT2D eigenvalue weighted by atomic mass is 9.92. The van der Waals surface area contributed by atoms with Gasteiger partial charge in [-0.05, 0) is 24.8 Å². The topological polar surface area (TPSA) is 98.5 Å². The number of ether oxygens (including phenoxy) is 1. The van der Waals surface area contributed by atoms with E-state index < -0.39 is 18.0 Å². The van der Waals surface area contributed by atoms with E-state index in [-0.39, 0.29) is 18.1 Å². The predicted octanol–water partition coefficient (Wildman–Crippen LogP) is 3.37. The number of hydrogen-bond acceptors (Lipinski definition) is 4. The van der Waals surface area contributed by atoms with Crippen LogP contribution in [0, 0.1) is 5.92 Å². The number of aryl methyl sites for hydroxylation is 1. The number of benzene rings is 1. The normalized spacial score (nSPS) is 12.8. The molecule has 0 heterocycles. The number of primary amides is 1. The van der Waals surface area contributed by atoms with E-state index in [1.807, 2.05) is 30.3 Å². The Labute approximate surface area is 161 Å². The molecule has 27 heavy (non-hydrogen) atoms. The van der Waals surface area contributed by atoms with Gasteiger partial charge in [-0.25, -0.2) is 4.79 Å². The number of rotatable bonds is 13. The minimum Gasteiger partial charge on any atom is -0.450 e. The Bertz CT molecular complexity index is 589. The summed E-state index contributed by atoms with van der Waals surface area (Å²) < 4.78 is 5.11. The Kier molecular flexibility index (Phi) is 10.8. The van der Waals surface area contributed by atoms with Crippen molar-refractivity contribution in [3.63, 3.8) is 0 Å². The monoisotopic (exact) mass is 376 g/mol. The van der Waals surface area contributed by atoms with Gasteiger partial charge in [0.25, 0.3) is 0 Å². The van der Waals surface area contributed by atoms with E-state index >= 15 is 0 Å². The maximum Gasteiger partial charge on any atom is 0.407 e. The second kappa shape index (κ2) is 12.9. The summed E-state index contributed by atoms with van der Waals surface area (Å²) in [6.45, 7) is 4.20. The maximum atomic E-state index is 12.7. The predicted molar refractivity (Wildman–Crippen MR) is 105 cm³/mol. The maximum absolute atomic E-state index is 12.7. The first kappa shape index (κ1) is 22.7. The van der Waals surface area contributed by atoms with Crippen LogP contribution in [0.4, 0.5) is 4.79 Å². The highest BCUT2D eigenvalue weighted by molar-refractivity contribution is 5.93. The van der Waals surface area contributed by atoms with Crippen molar-refractivity contribution in [2.75, 3.05) is 6.61 Å². The fourth-order valence-corrected chi connectivity index (χ4v) is 2.82. The average molecular weight is 376 g/mol. The third-order valence-electron chi connectivity index (χ3n) is 4.47. The highest BCUT2D eigenvalue weighted by atomic mass is 16.5. The molecule has 0 aromatic heterocycles. The molecule has 0 saturated heterocycles. The van der Waals surface area contributed by atoms with Gasteiger partial charge >= 0.3 is 6.09 Å². The van der Waals surface area contributed by atoms with E-state index in [0.717, 1.165) is 37.7 Å². The number of Topliss-reactive ketones (excluding diaryl/α,β-unsaturated/α-hetero) is 1. The molecule has 0 unspecified atom stereocenters. The van der Waals surface area contributed by atoms with Crippen molar-refractivity contribution in [1.29, 1.82) is 0 Å². The summed E-state index contributed by atoms with van der Waals surface area (Å²) in [5.74, 6) is -1.14. The van der Waals surface area contributed by atoms with E-state index in [2.05, 4.69) is 12.2 Å². The molecule has 150 valence electrons. The number of unbranched alkanes of at least 4 members (excludes halogenated alkanes) is 3. The summed E-state index contributed by atoms with van der Waals surface area (Å²) in [5, 5.41) is 2.51. The molecule has 0 bridgehead atoms. The van der Waals surface area contributed by atoms with Crippen molar-refractivity contribution in [3.8, 4) is 0 Å². The molecule has 2 amide bonds. The molecule has 1 aromatic carbocycles. The Morgan fingerprint density at radius 2 is 1.81 bits per heavy atom. The van der Waals surface area contributed by atoms with Gasteiger partial charge in [-0.3, -0.25) is 9.59 Å². The fourth-order valence-electron chi connectivity index (χ4n) is 2.82. The Balaban J connectivity index is 2.51. The van der Waals surface area contributed by atoms with Crippen LogP contribution in [0.2, 0.25) is 0 Å². The molecule has 0 aliphatic heterocycles. The van der Waals surface area contributed by atoms with Crippen molar-refractivity contribution < 1.29 is 19.1 Å². The molecule has 3 N–H and O–H groups in total. The second-order valence-corrected chi connectivity index (χ2v) is 6.89. The zero-order chi connectivity index (χ0) is 20.1. The first-order valence-electron chi connectivity index (χ1n) is 9.73. The molecule has 2 atom stereocenters. The second-order valence-electron chi connectivity index (χ2n) is 6.89. The average Bonchev–Trinajstić information content (AvgIpc) is 2.65. The van der Waals surface area contributed by atoms with E-state index in [0.29, 0.717) is 13.0 Å². The number of hydrogen-bond donors (Lipinski definition) is 2. The molecule has 0 radical (unpaired) electrons. The van der Waals surface area contributed by atoms with Crippen LogP contribution in [0.25, 0.3) is 0 Å². The van der Waals surface area contributed by atoms with Gasteiger partial charge < -0.3 is 15.8 Å². The Morgan fingerprint density at radius 1 is 1.11 bits per heavy atom. The summed E-state index contributed by atoms with van der Waals surface area (Å²) in [6.07, 6.45) is 4.44. The van der Waals surface area contributed by atoms with Gasteiger partial charge in [-0.15, -0.1) is 0 Å². The number of carbonyl (C=O) groups is 3. The van der Waals surface area contributed by atoms with E-state index in [9.17, 15) is 14.4 Å². The van der Waals surface area contributed by atoms with Crippen LogP contribution in [0.3, 0.4) is 0 Å². The molecule has 1 rings (SSSR count). The van der Waals surface area contributed by atoms with E-state index in [4.69, 9.17) is 10.5 Å². The van der Waals surface area contributed by atoms with Crippen LogP contribution in [0.5, 0.6) is 0 Å². The van der Waals surface area contributed by atoms with Gasteiger partial charge in [0.2, 0.25) is 5.91 Å². The molecule has 6 nitrogen and oxygen atoms in total. The molecule has 0 aliphatic carbocycles. The molecule has 0 spiro atoms. The third-order valence-corrected chi connectivity index (χ3v) is 4.47. The summed E-state index contributed by atoms with van der Waals surface area (Å²) in [6, 6.07) is 8.92. The first-order chi connectivity index (χ1) is 12.9. The summed E-state index contributed by atoms with van der Waals surface area (Å²) in [4.78, 5) is 35.9. The minimum absolute atomic E-state index is 0.201. The van der Waals surface area contributed by atoms with Crippen LogP contribution in [0.15, 0.2) is 30.3 Å². The van der Waals surface area contributed by atoms with Crippen molar-refractivity contribution in [3.05, 3.63) is 35.9 Å². The molecule has 1 aromatic rings. The number of amides is 2. The minimum atomic E-state index is -0.948. The van der Waals surface area contributed by atoms with Crippen molar-refractivity contribution in [1.82, 2.24) is 5.32 Å². The Morgan fingerprint density at radius 3 is 2.44 bits per heavy atom. The van der Waals surface area contributed by atoms with Crippen LogP contribution in [-0.4, -0.2) is 30.4 Å². The van der Waals surface area contributed by atoms with E-state index in [1.54, 1.807) is 6.92 Å². The number of nitrogens with one attached hydrogen (secondary N) is 1. The van der Waals surface area contributed by atoms with Crippen LogP contribution < -0.4 is 11.1 Å². The lowest BCUT2D eigenvalue weighted by Crippen LogP contribution is -2.45. The molecular weight excluding hydrogens is 344 g/mol. The lowest BCUT2D eigenvalue weighted by Gasteiger charge is -2.20. The lowest BCUT2D eigenvalue weighted by molar-refractivity contribution is -0.128. The molecule has 0 saturated carbocycles. The van der Waals surface area contributed by atoms with Crippen LogP contribution in [0.1, 0.15) is 57.9 Å². The quantitative estimate of drug-likeness (QED) is 0.516. The van der Waals surface area contributed by atoms with Gasteiger partial charge in [0, 0.05) is 5.92 Å². The van der Waals surface area contributed by atoms with Gasteiger partial charge in [0.15, 0.2) is 5.78 Å². The van der Waals surface area contributed by atoms with Gasteiger partial charge in [0.1, 0.15) is 0 Å². The van der Waals surface area contributed by atoms with Crippen LogP contribution >= 0.6 is 0 Å². The standard InChI is InChI=1S/C21H32N2O4/c1-3-4-5-9-14-27-21(26)23-18(15-19(22)24)20(25)16(2)12-13-17-10-7-6-8-11-17/h6-8,10-11,16,18H,3-5,9,12-15H2,1-2H3,(H2,22,24)(H,23,26)/t16-,18-/m1/s1. The molecule has 6 heteroatoms. The number of alkyl carbamates (subject to hydrolysis) is 1. The largest absolute Gasteiger partial charge is 0.450 e. The van der Waals surface area contributed by atoms with Gasteiger partial charge in [-0.2, -0.15) is 0 Å². The third kappa shape index (κ3) is 9.78. The molecule has 0 fully saturated rings. The SMILES string of the molecule is CCCCCCOC(=O)N[C@H](CC(N)=O)C(=O)[C@H](C)CCc1ccccc1. The highest BCUT2D eigenvalue weighted by Crippen LogP contribution is 2.13. The van der Waals surface area contributed by atoms with Crippen LogP contribution in [-0.2, 0) is 20.7 Å². The van der Waals surface area contributed by atoms with E-state index in [1.165, 1.54) is 0 Å². The molecule has 0 aliphatic rings.